The first kappa shape index (κ1) is 19.1. The Balaban J connectivity index is 1.94. The molecule has 2 aromatic carbocycles. The summed E-state index contributed by atoms with van der Waals surface area (Å²) in [5.41, 5.74) is 0.865. The van der Waals surface area contributed by atoms with Crippen molar-refractivity contribution in [2.45, 2.75) is 17.9 Å². The molecule has 0 bridgehead atoms. The number of thioether (sulfide) groups is 1. The number of hydrogen-bond donors (Lipinski definition) is 1. The molecule has 0 heterocycles. The van der Waals surface area contributed by atoms with Gasteiger partial charge in [0.1, 0.15) is 0 Å². The number of ether oxygens (including phenoxy) is 2. The van der Waals surface area contributed by atoms with Crippen molar-refractivity contribution in [1.29, 1.82) is 0 Å². The highest BCUT2D eigenvalue weighted by molar-refractivity contribution is 8.00. The third-order valence-corrected chi connectivity index (χ3v) is 4.54. The van der Waals surface area contributed by atoms with Gasteiger partial charge in [0.2, 0.25) is 5.91 Å². The van der Waals surface area contributed by atoms with Gasteiger partial charge < -0.3 is 14.8 Å². The quantitative estimate of drug-likeness (QED) is 0.753. The van der Waals surface area contributed by atoms with Crippen LogP contribution in [0, 0.1) is 11.6 Å². The minimum absolute atomic E-state index is 0.0999. The van der Waals surface area contributed by atoms with Gasteiger partial charge in [-0.2, -0.15) is 0 Å². The van der Waals surface area contributed by atoms with Crippen LogP contribution in [-0.2, 0) is 4.79 Å². The lowest BCUT2D eigenvalue weighted by atomic mass is 10.1. The lowest BCUT2D eigenvalue weighted by Crippen LogP contribution is -2.28. The molecule has 4 nitrogen and oxygen atoms in total. The van der Waals surface area contributed by atoms with Crippen molar-refractivity contribution in [2.24, 2.45) is 0 Å². The van der Waals surface area contributed by atoms with Gasteiger partial charge in [-0.05, 0) is 42.8 Å². The predicted molar refractivity (Wildman–Crippen MR) is 93.2 cm³/mol. The van der Waals surface area contributed by atoms with E-state index in [1.165, 1.54) is 6.07 Å². The van der Waals surface area contributed by atoms with Crippen molar-refractivity contribution >= 4 is 17.7 Å². The molecule has 0 saturated carbocycles. The molecule has 2 rings (SSSR count). The first-order chi connectivity index (χ1) is 11.9. The zero-order valence-corrected chi connectivity index (χ0v) is 15.0. The Hall–Kier alpha value is -2.28. The molecule has 0 radical (unpaired) electrons. The third kappa shape index (κ3) is 5.09. The normalized spacial score (nSPS) is 11.7. The van der Waals surface area contributed by atoms with Crippen LogP contribution < -0.4 is 14.8 Å². The molecule has 0 fully saturated rings. The highest BCUT2D eigenvalue weighted by Crippen LogP contribution is 2.30. The number of carbonyl (C=O) groups is 1. The molecule has 1 unspecified atom stereocenters. The molecule has 0 aliphatic rings. The van der Waals surface area contributed by atoms with Gasteiger partial charge in [0.25, 0.3) is 0 Å². The molecule has 2 aromatic rings. The largest absolute Gasteiger partial charge is 0.493 e. The molecule has 0 saturated heterocycles. The van der Waals surface area contributed by atoms with Gasteiger partial charge in [-0.1, -0.05) is 6.07 Å². The second-order valence-electron chi connectivity index (χ2n) is 5.27. The maximum Gasteiger partial charge on any atom is 0.230 e. The molecule has 1 amide bonds. The van der Waals surface area contributed by atoms with Gasteiger partial charge in [-0.15, -0.1) is 11.8 Å². The standard InChI is InChI=1S/C18H19F2NO3S/c1-11(12-4-7-16(23-2)17(8-12)24-3)21-18(22)10-25-13-5-6-14(19)15(20)9-13/h4-9,11H,10H2,1-3H3,(H,21,22). The number of benzene rings is 2. The molecule has 1 atom stereocenters. The second kappa shape index (κ2) is 8.71. The molecular formula is C18H19F2NO3S. The topological polar surface area (TPSA) is 47.6 Å². The van der Waals surface area contributed by atoms with E-state index in [9.17, 15) is 13.6 Å². The molecular weight excluding hydrogens is 348 g/mol. The summed E-state index contributed by atoms with van der Waals surface area (Å²) in [6, 6.07) is 8.73. The zero-order valence-electron chi connectivity index (χ0n) is 14.1. The first-order valence-electron chi connectivity index (χ1n) is 7.53. The van der Waals surface area contributed by atoms with E-state index in [2.05, 4.69) is 5.32 Å². The fourth-order valence-corrected chi connectivity index (χ4v) is 2.94. The minimum atomic E-state index is -0.927. The van der Waals surface area contributed by atoms with Crippen molar-refractivity contribution in [2.75, 3.05) is 20.0 Å². The molecule has 1 N–H and O–H groups in total. The van der Waals surface area contributed by atoms with E-state index in [4.69, 9.17) is 9.47 Å². The minimum Gasteiger partial charge on any atom is -0.493 e. The van der Waals surface area contributed by atoms with Gasteiger partial charge in [0.05, 0.1) is 26.0 Å². The Labute approximate surface area is 149 Å². The fourth-order valence-electron chi connectivity index (χ4n) is 2.20. The zero-order chi connectivity index (χ0) is 18.4. The molecule has 7 heteroatoms. The number of methoxy groups -OCH3 is 2. The summed E-state index contributed by atoms with van der Waals surface area (Å²) in [6.07, 6.45) is 0. The van der Waals surface area contributed by atoms with Crippen LogP contribution in [0.5, 0.6) is 11.5 Å². The Kier molecular flexibility index (Phi) is 6.64. The Morgan fingerprint density at radius 2 is 1.80 bits per heavy atom. The molecule has 0 aliphatic carbocycles. The summed E-state index contributed by atoms with van der Waals surface area (Å²) in [6.45, 7) is 1.85. The van der Waals surface area contributed by atoms with Gasteiger partial charge >= 0.3 is 0 Å². The lowest BCUT2D eigenvalue weighted by Gasteiger charge is -2.16. The number of nitrogens with one attached hydrogen (secondary N) is 1. The number of carbonyl (C=O) groups excluding carboxylic acids is 1. The van der Waals surface area contributed by atoms with E-state index >= 15 is 0 Å². The summed E-state index contributed by atoms with van der Waals surface area (Å²) >= 11 is 1.14. The summed E-state index contributed by atoms with van der Waals surface area (Å²) in [5, 5.41) is 2.86. The van der Waals surface area contributed by atoms with Crippen LogP contribution in [0.1, 0.15) is 18.5 Å². The number of hydrogen-bond acceptors (Lipinski definition) is 4. The SMILES string of the molecule is COc1ccc(C(C)NC(=O)CSc2ccc(F)c(F)c2)cc1OC. The molecule has 0 spiro atoms. The van der Waals surface area contributed by atoms with Crippen LogP contribution >= 0.6 is 11.8 Å². The maximum absolute atomic E-state index is 13.2. The van der Waals surface area contributed by atoms with Crippen LogP contribution in [-0.4, -0.2) is 25.9 Å². The third-order valence-electron chi connectivity index (χ3n) is 3.55. The predicted octanol–water partition coefficient (Wildman–Crippen LogP) is 3.95. The van der Waals surface area contributed by atoms with Crippen molar-refractivity contribution in [3.8, 4) is 11.5 Å². The van der Waals surface area contributed by atoms with Crippen molar-refractivity contribution in [1.82, 2.24) is 5.32 Å². The second-order valence-corrected chi connectivity index (χ2v) is 6.32. The maximum atomic E-state index is 13.2. The van der Waals surface area contributed by atoms with E-state index in [1.807, 2.05) is 13.0 Å². The first-order valence-corrected chi connectivity index (χ1v) is 8.52. The fraction of sp³-hybridized carbons (Fsp3) is 0.278. The molecule has 134 valence electrons. The van der Waals surface area contributed by atoms with E-state index in [0.717, 1.165) is 29.5 Å². The van der Waals surface area contributed by atoms with Crippen molar-refractivity contribution in [3.05, 3.63) is 53.6 Å². The van der Waals surface area contributed by atoms with E-state index in [1.54, 1.807) is 26.4 Å². The van der Waals surface area contributed by atoms with E-state index in [0.29, 0.717) is 16.4 Å². The number of rotatable bonds is 7. The van der Waals surface area contributed by atoms with Crippen LogP contribution in [0.2, 0.25) is 0 Å². The van der Waals surface area contributed by atoms with Gasteiger partial charge in [-0.3, -0.25) is 4.79 Å². The van der Waals surface area contributed by atoms with Crippen LogP contribution in [0.4, 0.5) is 8.78 Å². The average molecular weight is 367 g/mol. The Morgan fingerprint density at radius 1 is 1.08 bits per heavy atom. The summed E-state index contributed by atoms with van der Waals surface area (Å²) in [4.78, 5) is 12.6. The van der Waals surface area contributed by atoms with Crippen LogP contribution in [0.25, 0.3) is 0 Å². The van der Waals surface area contributed by atoms with Crippen LogP contribution in [0.15, 0.2) is 41.3 Å². The Morgan fingerprint density at radius 3 is 2.44 bits per heavy atom. The Bertz CT molecular complexity index is 755. The summed E-state index contributed by atoms with van der Waals surface area (Å²) in [7, 11) is 3.10. The van der Waals surface area contributed by atoms with Crippen LogP contribution in [0.3, 0.4) is 0 Å². The van der Waals surface area contributed by atoms with Gasteiger partial charge in [0.15, 0.2) is 23.1 Å². The summed E-state index contributed by atoms with van der Waals surface area (Å²) in [5.74, 6) is -0.754. The van der Waals surface area contributed by atoms with E-state index < -0.39 is 11.6 Å². The van der Waals surface area contributed by atoms with Crippen molar-refractivity contribution in [3.63, 3.8) is 0 Å². The monoisotopic (exact) mass is 367 g/mol. The average Bonchev–Trinajstić information content (AvgIpc) is 2.62. The number of halogens is 2. The molecule has 0 aromatic heterocycles. The van der Waals surface area contributed by atoms with Gasteiger partial charge in [-0.25, -0.2) is 8.78 Å². The smallest absolute Gasteiger partial charge is 0.230 e. The lowest BCUT2D eigenvalue weighted by molar-refractivity contribution is -0.119. The molecule has 0 aliphatic heterocycles. The van der Waals surface area contributed by atoms with Gasteiger partial charge in [0, 0.05) is 4.90 Å². The number of amides is 1. The highest BCUT2D eigenvalue weighted by atomic mass is 32.2. The van der Waals surface area contributed by atoms with Crippen molar-refractivity contribution < 1.29 is 23.0 Å². The summed E-state index contributed by atoms with van der Waals surface area (Å²) < 4.78 is 36.5. The van der Waals surface area contributed by atoms with E-state index in [-0.39, 0.29) is 17.7 Å². The molecule has 25 heavy (non-hydrogen) atoms. The highest BCUT2D eigenvalue weighted by Gasteiger charge is 2.13.